The Morgan fingerprint density at radius 1 is 1.26 bits per heavy atom. The molecule has 1 amide bonds. The number of carbonyl (C=O) groups excluding carboxylic acids is 1. The van der Waals surface area contributed by atoms with Gasteiger partial charge >= 0.3 is 0 Å². The van der Waals surface area contributed by atoms with Crippen molar-refractivity contribution >= 4 is 44.3 Å². The summed E-state index contributed by atoms with van der Waals surface area (Å²) in [7, 11) is 0. The molecular formula is C24H20FN7OS. The van der Waals surface area contributed by atoms with Crippen molar-refractivity contribution in [2.24, 2.45) is 0 Å². The van der Waals surface area contributed by atoms with Crippen LogP contribution in [0.15, 0.2) is 31.1 Å². The van der Waals surface area contributed by atoms with Crippen LogP contribution in [0.25, 0.3) is 21.3 Å². The highest BCUT2D eigenvalue weighted by atomic mass is 32.1. The van der Waals surface area contributed by atoms with Crippen molar-refractivity contribution in [1.82, 2.24) is 29.6 Å². The van der Waals surface area contributed by atoms with Gasteiger partial charge < -0.3 is 10.6 Å². The fourth-order valence-electron chi connectivity index (χ4n) is 4.30. The molecule has 2 fully saturated rings. The first-order valence-corrected chi connectivity index (χ1v) is 11.9. The highest BCUT2D eigenvalue weighted by Crippen LogP contribution is 2.43. The smallest absolute Gasteiger partial charge is 0.246 e. The molecule has 1 aliphatic carbocycles. The number of nitrogens with zero attached hydrogens (tertiary/aromatic N) is 6. The van der Waals surface area contributed by atoms with E-state index in [1.807, 2.05) is 0 Å². The molecule has 170 valence electrons. The van der Waals surface area contributed by atoms with Crippen LogP contribution in [-0.4, -0.2) is 48.6 Å². The fourth-order valence-corrected chi connectivity index (χ4v) is 5.45. The van der Waals surface area contributed by atoms with Crippen LogP contribution in [0, 0.1) is 17.7 Å². The Kier molecular flexibility index (Phi) is 4.81. The molecule has 0 radical (unpaired) electrons. The number of hydrogen-bond acceptors (Lipinski definition) is 7. The summed E-state index contributed by atoms with van der Waals surface area (Å²) in [5.41, 5.74) is 8.07. The van der Waals surface area contributed by atoms with Crippen LogP contribution in [0.3, 0.4) is 0 Å². The first kappa shape index (κ1) is 20.7. The van der Waals surface area contributed by atoms with Gasteiger partial charge in [-0.1, -0.05) is 12.5 Å². The highest BCUT2D eigenvalue weighted by Gasteiger charge is 2.30. The summed E-state index contributed by atoms with van der Waals surface area (Å²) < 4.78 is 17.4. The molecule has 2 N–H and O–H groups in total. The number of halogens is 1. The maximum Gasteiger partial charge on any atom is 0.246 e. The maximum atomic E-state index is 14.8. The molecule has 4 heterocycles. The number of benzene rings is 1. The van der Waals surface area contributed by atoms with E-state index < -0.39 is 5.82 Å². The van der Waals surface area contributed by atoms with Crippen LogP contribution >= 0.6 is 11.3 Å². The van der Waals surface area contributed by atoms with Crippen molar-refractivity contribution in [3.8, 4) is 11.8 Å². The Balaban J connectivity index is 1.39. The van der Waals surface area contributed by atoms with Crippen LogP contribution < -0.4 is 5.73 Å². The molecular weight excluding hydrogens is 453 g/mol. The topological polar surface area (TPSA) is 103 Å². The average Bonchev–Trinajstić information content (AvgIpc) is 3.25. The van der Waals surface area contributed by atoms with Gasteiger partial charge in [-0.05, 0) is 43.4 Å². The molecule has 1 saturated heterocycles. The fraction of sp³-hybridized carbons (Fsp3) is 0.292. The quantitative estimate of drug-likeness (QED) is 0.361. The predicted molar refractivity (Wildman–Crippen MR) is 128 cm³/mol. The molecule has 1 atom stereocenters. The summed E-state index contributed by atoms with van der Waals surface area (Å²) in [5.74, 6) is 6.14. The summed E-state index contributed by atoms with van der Waals surface area (Å²) in [6.07, 6.45) is 5.69. The lowest BCUT2D eigenvalue weighted by Crippen LogP contribution is -2.27. The van der Waals surface area contributed by atoms with Crippen molar-refractivity contribution in [2.45, 2.75) is 31.2 Å². The average molecular weight is 474 g/mol. The molecule has 1 aliphatic heterocycles. The van der Waals surface area contributed by atoms with E-state index in [1.54, 1.807) is 27.0 Å². The number of likely N-dealkylation sites (tertiary alicyclic amines) is 1. The SMILES string of the molecule is C=CC(=O)N1CCC(n2nc(C#Cc3cc4nc(C5CC5)sc4cc3F)c3c(N)ncnc32)C1. The molecule has 1 unspecified atom stereocenters. The maximum absolute atomic E-state index is 14.8. The summed E-state index contributed by atoms with van der Waals surface area (Å²) in [5, 5.41) is 6.24. The van der Waals surface area contributed by atoms with Gasteiger partial charge in [0.25, 0.3) is 0 Å². The molecule has 8 nitrogen and oxygen atoms in total. The number of nitrogen functional groups attached to an aromatic ring is 1. The zero-order valence-electron chi connectivity index (χ0n) is 18.2. The van der Waals surface area contributed by atoms with E-state index in [0.717, 1.165) is 28.1 Å². The molecule has 0 spiro atoms. The highest BCUT2D eigenvalue weighted by molar-refractivity contribution is 7.18. The van der Waals surface area contributed by atoms with Crippen molar-refractivity contribution in [1.29, 1.82) is 0 Å². The van der Waals surface area contributed by atoms with Gasteiger partial charge in [-0.2, -0.15) is 5.10 Å². The van der Waals surface area contributed by atoms with E-state index in [2.05, 4.69) is 38.5 Å². The third kappa shape index (κ3) is 3.49. The van der Waals surface area contributed by atoms with Gasteiger partial charge in [-0.3, -0.25) is 4.79 Å². The van der Waals surface area contributed by atoms with Gasteiger partial charge in [0.05, 0.1) is 32.2 Å². The predicted octanol–water partition coefficient (Wildman–Crippen LogP) is 3.39. The van der Waals surface area contributed by atoms with Crippen molar-refractivity contribution in [3.05, 3.63) is 53.2 Å². The lowest BCUT2D eigenvalue weighted by Gasteiger charge is -2.14. The van der Waals surface area contributed by atoms with E-state index in [4.69, 9.17) is 5.73 Å². The Hall–Kier alpha value is -3.84. The lowest BCUT2D eigenvalue weighted by molar-refractivity contribution is -0.125. The number of rotatable bonds is 3. The second-order valence-corrected chi connectivity index (χ2v) is 9.62. The number of nitrogens with two attached hydrogens (primary N) is 1. The third-order valence-corrected chi connectivity index (χ3v) is 7.43. The number of aromatic nitrogens is 5. The van der Waals surface area contributed by atoms with Crippen LogP contribution in [0.1, 0.15) is 47.5 Å². The molecule has 0 bridgehead atoms. The van der Waals surface area contributed by atoms with Gasteiger partial charge in [-0.25, -0.2) is 24.0 Å². The van der Waals surface area contributed by atoms with E-state index in [0.29, 0.717) is 42.2 Å². The molecule has 1 saturated carbocycles. The van der Waals surface area contributed by atoms with Crippen LogP contribution in [0.4, 0.5) is 10.2 Å². The van der Waals surface area contributed by atoms with Gasteiger partial charge in [0.1, 0.15) is 23.7 Å². The Labute approximate surface area is 198 Å². The van der Waals surface area contributed by atoms with Crippen LogP contribution in [0.5, 0.6) is 0 Å². The van der Waals surface area contributed by atoms with Crippen LogP contribution in [0.2, 0.25) is 0 Å². The molecule has 3 aromatic heterocycles. The minimum atomic E-state index is -0.395. The van der Waals surface area contributed by atoms with Gasteiger partial charge in [0, 0.05) is 19.0 Å². The standard InChI is InChI=1S/C24H20FN7OS/c1-2-20(33)31-8-7-15(11-31)32-23-21(22(26)27-12-28-23)17(30-32)6-5-14-9-18-19(10-16(14)25)34-24(29-18)13-3-4-13/h2,9-10,12-13,15H,1,3-4,7-8,11H2,(H2,26,27,28). The molecule has 34 heavy (non-hydrogen) atoms. The summed E-state index contributed by atoms with van der Waals surface area (Å²) in [6.45, 7) is 4.64. The van der Waals surface area contributed by atoms with Crippen molar-refractivity contribution < 1.29 is 9.18 Å². The Bertz CT molecular complexity index is 1540. The van der Waals surface area contributed by atoms with Gasteiger partial charge in [0.15, 0.2) is 5.65 Å². The first-order valence-electron chi connectivity index (χ1n) is 11.0. The van der Waals surface area contributed by atoms with E-state index >= 15 is 0 Å². The van der Waals surface area contributed by atoms with Crippen LogP contribution in [-0.2, 0) is 4.79 Å². The number of anilines is 1. The minimum absolute atomic E-state index is 0.0832. The van der Waals surface area contributed by atoms with Gasteiger partial charge in [-0.15, -0.1) is 11.3 Å². The Morgan fingerprint density at radius 3 is 2.91 bits per heavy atom. The first-order chi connectivity index (χ1) is 16.5. The number of fused-ring (bicyclic) bond motifs is 2. The lowest BCUT2D eigenvalue weighted by atomic mass is 10.2. The number of thiazole rings is 1. The molecule has 2 aliphatic rings. The van der Waals surface area contributed by atoms with Crippen molar-refractivity contribution in [2.75, 3.05) is 18.8 Å². The third-order valence-electron chi connectivity index (χ3n) is 6.25. The second-order valence-electron chi connectivity index (χ2n) is 8.56. The number of amides is 1. The van der Waals surface area contributed by atoms with E-state index in [-0.39, 0.29) is 23.3 Å². The van der Waals surface area contributed by atoms with E-state index in [1.165, 1.54) is 18.5 Å². The van der Waals surface area contributed by atoms with Crippen molar-refractivity contribution in [3.63, 3.8) is 0 Å². The summed E-state index contributed by atoms with van der Waals surface area (Å²) in [6, 6.07) is 3.11. The second kappa shape index (κ2) is 7.88. The molecule has 1 aromatic carbocycles. The molecule has 4 aromatic rings. The monoisotopic (exact) mass is 473 g/mol. The normalized spacial score (nSPS) is 17.8. The number of hydrogen-bond donors (Lipinski definition) is 1. The van der Waals surface area contributed by atoms with E-state index in [9.17, 15) is 9.18 Å². The number of carbonyl (C=O) groups is 1. The zero-order chi connectivity index (χ0) is 23.4. The minimum Gasteiger partial charge on any atom is -0.383 e. The largest absolute Gasteiger partial charge is 0.383 e. The summed E-state index contributed by atoms with van der Waals surface area (Å²) >= 11 is 1.55. The molecule has 10 heteroatoms. The zero-order valence-corrected chi connectivity index (χ0v) is 19.0. The summed E-state index contributed by atoms with van der Waals surface area (Å²) in [4.78, 5) is 26.9. The molecule has 6 rings (SSSR count). The Morgan fingerprint density at radius 2 is 2.12 bits per heavy atom. The van der Waals surface area contributed by atoms with Gasteiger partial charge in [0.2, 0.25) is 5.91 Å².